The number of hydrogen-bond donors (Lipinski definition) is 1. The SMILES string of the molecule is CCNC(=NCc1ccc(OC)c(OCC)c1)N1CCC(CN2CCCCC2)C1.I. The molecule has 3 rings (SSSR count). The minimum Gasteiger partial charge on any atom is -0.493 e. The fraction of sp³-hybridized carbons (Fsp3) is 0.696. The number of nitrogens with one attached hydrogen (secondary N) is 1. The highest BCUT2D eigenvalue weighted by Crippen LogP contribution is 2.28. The highest BCUT2D eigenvalue weighted by atomic mass is 127. The van der Waals surface area contributed by atoms with E-state index in [1.807, 2.05) is 19.1 Å². The zero-order valence-corrected chi connectivity index (χ0v) is 21.2. The van der Waals surface area contributed by atoms with E-state index in [1.165, 1.54) is 45.3 Å². The van der Waals surface area contributed by atoms with E-state index in [4.69, 9.17) is 14.5 Å². The number of piperidine rings is 1. The Bertz CT molecular complexity index is 665. The second-order valence-corrected chi connectivity index (χ2v) is 8.05. The minimum atomic E-state index is 0. The van der Waals surface area contributed by atoms with Crippen LogP contribution in [-0.4, -0.2) is 68.7 Å². The van der Waals surface area contributed by atoms with Crippen LogP contribution in [0.3, 0.4) is 0 Å². The maximum absolute atomic E-state index is 5.70. The maximum atomic E-state index is 5.70. The fourth-order valence-electron chi connectivity index (χ4n) is 4.36. The molecule has 1 aromatic rings. The summed E-state index contributed by atoms with van der Waals surface area (Å²) in [7, 11) is 1.67. The molecule has 0 amide bonds. The quantitative estimate of drug-likeness (QED) is 0.313. The Morgan fingerprint density at radius 1 is 1.13 bits per heavy atom. The molecule has 2 fully saturated rings. The molecule has 2 saturated heterocycles. The molecule has 1 aromatic carbocycles. The van der Waals surface area contributed by atoms with Crippen molar-refractivity contribution < 1.29 is 9.47 Å². The van der Waals surface area contributed by atoms with Crippen molar-refractivity contribution in [3.8, 4) is 11.5 Å². The van der Waals surface area contributed by atoms with E-state index >= 15 is 0 Å². The van der Waals surface area contributed by atoms with E-state index in [-0.39, 0.29) is 24.0 Å². The number of nitrogens with zero attached hydrogens (tertiary/aromatic N) is 3. The molecule has 0 bridgehead atoms. The van der Waals surface area contributed by atoms with Gasteiger partial charge in [-0.05, 0) is 69.8 Å². The smallest absolute Gasteiger partial charge is 0.194 e. The van der Waals surface area contributed by atoms with Gasteiger partial charge in [0.15, 0.2) is 17.5 Å². The largest absolute Gasteiger partial charge is 0.493 e. The molecule has 0 radical (unpaired) electrons. The number of methoxy groups -OCH3 is 1. The van der Waals surface area contributed by atoms with Crippen LogP contribution in [0.15, 0.2) is 23.2 Å². The summed E-state index contributed by atoms with van der Waals surface area (Å²) >= 11 is 0. The summed E-state index contributed by atoms with van der Waals surface area (Å²) in [6.45, 7) is 12.3. The summed E-state index contributed by atoms with van der Waals surface area (Å²) in [6.07, 6.45) is 5.40. The lowest BCUT2D eigenvalue weighted by Crippen LogP contribution is -2.41. The lowest BCUT2D eigenvalue weighted by Gasteiger charge is -2.29. The van der Waals surface area contributed by atoms with Crippen molar-refractivity contribution in [3.05, 3.63) is 23.8 Å². The topological polar surface area (TPSA) is 49.3 Å². The summed E-state index contributed by atoms with van der Waals surface area (Å²) in [6, 6.07) is 6.07. The predicted octanol–water partition coefficient (Wildman–Crippen LogP) is 3.99. The first kappa shape index (κ1) is 25.0. The van der Waals surface area contributed by atoms with Crippen molar-refractivity contribution >= 4 is 29.9 Å². The van der Waals surface area contributed by atoms with Gasteiger partial charge in [0.05, 0.1) is 20.3 Å². The standard InChI is InChI=1S/C23H38N4O2.HI/c1-4-24-23(25-16-19-9-10-21(28-3)22(15-19)29-5-2)27-14-11-20(18-27)17-26-12-7-6-8-13-26;/h9-10,15,20H,4-8,11-14,16-18H2,1-3H3,(H,24,25);1H. The number of guanidine groups is 1. The third kappa shape index (κ3) is 7.18. The summed E-state index contributed by atoms with van der Waals surface area (Å²) < 4.78 is 11.1. The Hall–Kier alpha value is -1.22. The van der Waals surface area contributed by atoms with Crippen LogP contribution in [0.1, 0.15) is 45.1 Å². The van der Waals surface area contributed by atoms with Gasteiger partial charge >= 0.3 is 0 Å². The van der Waals surface area contributed by atoms with Gasteiger partial charge in [-0.15, -0.1) is 24.0 Å². The van der Waals surface area contributed by atoms with Gasteiger partial charge in [0.25, 0.3) is 0 Å². The Morgan fingerprint density at radius 2 is 1.93 bits per heavy atom. The van der Waals surface area contributed by atoms with Crippen LogP contribution < -0.4 is 14.8 Å². The average molecular weight is 530 g/mol. The van der Waals surface area contributed by atoms with Gasteiger partial charge in [-0.3, -0.25) is 0 Å². The Balaban J connectivity index is 0.00000320. The Labute approximate surface area is 199 Å². The van der Waals surface area contributed by atoms with Crippen LogP contribution in [0, 0.1) is 5.92 Å². The van der Waals surface area contributed by atoms with Crippen molar-refractivity contribution in [2.45, 2.75) is 46.1 Å². The molecule has 2 aliphatic rings. The lowest BCUT2D eigenvalue weighted by atomic mass is 10.1. The molecular weight excluding hydrogens is 491 g/mol. The van der Waals surface area contributed by atoms with E-state index in [2.05, 4.69) is 28.1 Å². The average Bonchev–Trinajstić information content (AvgIpc) is 3.20. The molecule has 170 valence electrons. The number of hydrogen-bond acceptors (Lipinski definition) is 4. The van der Waals surface area contributed by atoms with Crippen LogP contribution in [0.5, 0.6) is 11.5 Å². The molecule has 1 atom stereocenters. The highest BCUT2D eigenvalue weighted by molar-refractivity contribution is 14.0. The van der Waals surface area contributed by atoms with Crippen molar-refractivity contribution in [2.24, 2.45) is 10.9 Å². The summed E-state index contributed by atoms with van der Waals surface area (Å²) in [5, 5.41) is 3.49. The van der Waals surface area contributed by atoms with E-state index in [1.54, 1.807) is 7.11 Å². The first-order valence-corrected chi connectivity index (χ1v) is 11.3. The number of rotatable bonds is 8. The van der Waals surface area contributed by atoms with Gasteiger partial charge in [0, 0.05) is 26.2 Å². The number of benzene rings is 1. The van der Waals surface area contributed by atoms with E-state index in [0.29, 0.717) is 13.2 Å². The molecule has 6 nitrogen and oxygen atoms in total. The van der Waals surface area contributed by atoms with Gasteiger partial charge in [0.1, 0.15) is 0 Å². The maximum Gasteiger partial charge on any atom is 0.194 e. The third-order valence-electron chi connectivity index (χ3n) is 5.82. The molecule has 0 aliphatic carbocycles. The van der Waals surface area contributed by atoms with Crippen LogP contribution >= 0.6 is 24.0 Å². The number of aliphatic imine (C=N–C) groups is 1. The Morgan fingerprint density at radius 3 is 2.63 bits per heavy atom. The van der Waals surface area contributed by atoms with E-state index in [9.17, 15) is 0 Å². The van der Waals surface area contributed by atoms with E-state index < -0.39 is 0 Å². The molecule has 2 heterocycles. The molecule has 0 spiro atoms. The highest BCUT2D eigenvalue weighted by Gasteiger charge is 2.27. The van der Waals surface area contributed by atoms with Crippen molar-refractivity contribution in [1.29, 1.82) is 0 Å². The van der Waals surface area contributed by atoms with Crippen molar-refractivity contribution in [3.63, 3.8) is 0 Å². The van der Waals surface area contributed by atoms with Crippen LogP contribution in [-0.2, 0) is 6.54 Å². The molecule has 2 aliphatic heterocycles. The van der Waals surface area contributed by atoms with Crippen LogP contribution in [0.4, 0.5) is 0 Å². The molecule has 1 unspecified atom stereocenters. The molecular formula is C23H39IN4O2. The van der Waals surface area contributed by atoms with Gasteiger partial charge in [-0.25, -0.2) is 4.99 Å². The summed E-state index contributed by atoms with van der Waals surface area (Å²) in [5.74, 6) is 3.34. The second-order valence-electron chi connectivity index (χ2n) is 8.05. The molecule has 0 aromatic heterocycles. The van der Waals surface area contributed by atoms with Crippen molar-refractivity contribution in [2.75, 3.05) is 53.0 Å². The van der Waals surface area contributed by atoms with Crippen LogP contribution in [0.25, 0.3) is 0 Å². The summed E-state index contributed by atoms with van der Waals surface area (Å²) in [4.78, 5) is 10.0. The Kier molecular flexibility index (Phi) is 11.1. The lowest BCUT2D eigenvalue weighted by molar-refractivity contribution is 0.198. The molecule has 1 N–H and O–H groups in total. The van der Waals surface area contributed by atoms with Gasteiger partial charge < -0.3 is 24.6 Å². The fourth-order valence-corrected chi connectivity index (χ4v) is 4.36. The number of ether oxygens (including phenoxy) is 2. The summed E-state index contributed by atoms with van der Waals surface area (Å²) in [5.41, 5.74) is 1.13. The van der Waals surface area contributed by atoms with Gasteiger partial charge in [0.2, 0.25) is 0 Å². The number of halogens is 1. The monoisotopic (exact) mass is 530 g/mol. The van der Waals surface area contributed by atoms with Crippen molar-refractivity contribution in [1.82, 2.24) is 15.1 Å². The first-order valence-electron chi connectivity index (χ1n) is 11.3. The predicted molar refractivity (Wildman–Crippen MR) is 134 cm³/mol. The molecule has 0 saturated carbocycles. The third-order valence-corrected chi connectivity index (χ3v) is 5.82. The number of likely N-dealkylation sites (tertiary alicyclic amines) is 2. The first-order chi connectivity index (χ1) is 14.2. The zero-order valence-electron chi connectivity index (χ0n) is 18.9. The second kappa shape index (κ2) is 13.2. The molecule has 30 heavy (non-hydrogen) atoms. The minimum absolute atomic E-state index is 0. The van der Waals surface area contributed by atoms with Gasteiger partial charge in [-0.2, -0.15) is 0 Å². The van der Waals surface area contributed by atoms with Crippen LogP contribution in [0.2, 0.25) is 0 Å². The zero-order chi connectivity index (χ0) is 20.5. The normalized spacial score (nSPS) is 20.0. The van der Waals surface area contributed by atoms with Gasteiger partial charge in [-0.1, -0.05) is 12.5 Å². The molecule has 7 heteroatoms. The van der Waals surface area contributed by atoms with E-state index in [0.717, 1.165) is 48.6 Å².